The number of carbonyl (C=O) groups excluding carboxylic acids is 1. The molecule has 2 aliphatic heterocycles. The quantitative estimate of drug-likeness (QED) is 0.312. The maximum Gasteiger partial charge on any atom is 0.251 e. The van der Waals surface area contributed by atoms with Gasteiger partial charge in [0, 0.05) is 29.0 Å². The fourth-order valence-corrected chi connectivity index (χ4v) is 11.3. The summed E-state index contributed by atoms with van der Waals surface area (Å²) in [7, 11) is 0. The van der Waals surface area contributed by atoms with Crippen LogP contribution in [0.2, 0.25) is 0 Å². The first-order valence-corrected chi connectivity index (χ1v) is 18.1. The van der Waals surface area contributed by atoms with Crippen LogP contribution in [0.15, 0.2) is 0 Å². The predicted octanol–water partition coefficient (Wildman–Crippen LogP) is 9.17. The van der Waals surface area contributed by atoms with Crippen molar-refractivity contribution in [3.63, 3.8) is 0 Å². The average molecular weight is 546 g/mol. The fourth-order valence-electron chi connectivity index (χ4n) is 9.46. The fraction of sp³-hybridized carbons (Fsp3) is 0.971. The zero-order valence-electron chi connectivity index (χ0n) is 25.0. The molecule has 0 N–H and O–H groups in total. The highest BCUT2D eigenvalue weighted by molar-refractivity contribution is 8.00. The highest BCUT2D eigenvalue weighted by Crippen LogP contribution is 2.57. The van der Waals surface area contributed by atoms with Crippen molar-refractivity contribution >= 4 is 17.7 Å². The molecule has 0 bridgehead atoms. The molecule has 0 spiro atoms. The Morgan fingerprint density at radius 2 is 1.42 bits per heavy atom. The minimum atomic E-state index is -0.186. The van der Waals surface area contributed by atoms with E-state index in [0.29, 0.717) is 17.3 Å². The predicted molar refractivity (Wildman–Crippen MR) is 162 cm³/mol. The Kier molecular flexibility index (Phi) is 10.9. The van der Waals surface area contributed by atoms with E-state index in [9.17, 15) is 4.79 Å². The van der Waals surface area contributed by atoms with Gasteiger partial charge in [-0.2, -0.15) is 11.8 Å². The molecule has 4 heteroatoms. The molecule has 5 rings (SSSR count). The molecular weight excluding hydrogens is 486 g/mol. The number of nitrogens with zero attached hydrogens (tertiary/aromatic N) is 1. The lowest BCUT2D eigenvalue weighted by Crippen LogP contribution is -2.43. The van der Waals surface area contributed by atoms with Crippen molar-refractivity contribution in [2.45, 2.75) is 171 Å². The number of ether oxygens (including phenoxy) is 1. The van der Waals surface area contributed by atoms with Gasteiger partial charge in [-0.05, 0) is 88.9 Å². The monoisotopic (exact) mass is 545 g/mol. The van der Waals surface area contributed by atoms with E-state index in [1.807, 2.05) is 0 Å². The number of hydrogen-bond acceptors (Lipinski definition) is 3. The van der Waals surface area contributed by atoms with Crippen LogP contribution < -0.4 is 0 Å². The zero-order chi connectivity index (χ0) is 26.4. The second kappa shape index (κ2) is 14.1. The van der Waals surface area contributed by atoms with E-state index < -0.39 is 0 Å². The van der Waals surface area contributed by atoms with Gasteiger partial charge in [0.1, 0.15) is 6.10 Å². The molecule has 2 heterocycles. The zero-order valence-corrected chi connectivity index (χ0v) is 25.8. The van der Waals surface area contributed by atoms with Gasteiger partial charge >= 0.3 is 0 Å². The van der Waals surface area contributed by atoms with Crippen LogP contribution in [0, 0.1) is 23.2 Å². The standard InChI is InChI=1S/C34H59NO2S/c1-3-35(25-29-20-21-31(38-29)27-15-11-7-5-4-6-8-12-16-27)33(36)30-24-34(28-17-13-9-10-14-18-28)23-26(2)19-22-32(34)37-30/h26-32H,3-25H2,1-2H3. The Morgan fingerprint density at radius 1 is 0.789 bits per heavy atom. The van der Waals surface area contributed by atoms with Gasteiger partial charge < -0.3 is 9.64 Å². The molecule has 3 saturated carbocycles. The van der Waals surface area contributed by atoms with Crippen molar-refractivity contribution in [2.75, 3.05) is 13.1 Å². The molecule has 5 fully saturated rings. The second-order valence-corrected chi connectivity index (χ2v) is 15.7. The van der Waals surface area contributed by atoms with Crippen molar-refractivity contribution in [3.05, 3.63) is 0 Å². The van der Waals surface area contributed by atoms with Crippen molar-refractivity contribution in [1.29, 1.82) is 0 Å². The van der Waals surface area contributed by atoms with Crippen molar-refractivity contribution in [3.8, 4) is 0 Å². The summed E-state index contributed by atoms with van der Waals surface area (Å²) in [5.74, 6) is 2.79. The van der Waals surface area contributed by atoms with Crippen LogP contribution in [0.5, 0.6) is 0 Å². The van der Waals surface area contributed by atoms with E-state index in [1.54, 1.807) is 0 Å². The van der Waals surface area contributed by atoms with Crippen molar-refractivity contribution < 1.29 is 9.53 Å². The smallest absolute Gasteiger partial charge is 0.251 e. The Hall–Kier alpha value is -0.220. The van der Waals surface area contributed by atoms with Crippen molar-refractivity contribution in [2.24, 2.45) is 23.2 Å². The number of rotatable bonds is 6. The number of hydrogen-bond donors (Lipinski definition) is 0. The summed E-state index contributed by atoms with van der Waals surface area (Å²) in [6, 6.07) is 0. The maximum absolute atomic E-state index is 14.0. The third kappa shape index (κ3) is 6.97. The van der Waals surface area contributed by atoms with E-state index in [2.05, 4.69) is 30.5 Å². The molecule has 0 aromatic carbocycles. The summed E-state index contributed by atoms with van der Waals surface area (Å²) in [5.41, 5.74) is 0.269. The van der Waals surface area contributed by atoms with Crippen LogP contribution in [-0.4, -0.2) is 46.6 Å². The van der Waals surface area contributed by atoms with E-state index >= 15 is 0 Å². The molecule has 0 radical (unpaired) electrons. The molecular formula is C34H59NO2S. The van der Waals surface area contributed by atoms with Gasteiger partial charge in [-0.25, -0.2) is 0 Å². The lowest BCUT2D eigenvalue weighted by molar-refractivity contribution is -0.143. The Balaban J connectivity index is 1.19. The minimum absolute atomic E-state index is 0.186. The number of likely N-dealkylation sites (N-methyl/N-ethyl adjacent to an activating group) is 1. The van der Waals surface area contributed by atoms with Crippen LogP contribution in [-0.2, 0) is 9.53 Å². The largest absolute Gasteiger partial charge is 0.365 e. The highest BCUT2D eigenvalue weighted by Gasteiger charge is 2.56. The molecule has 3 aliphatic carbocycles. The SMILES string of the molecule is CCN(CC1CCC(C2CCCCCCCCC2)S1)C(=O)C1CC2(C3CCCCCC3)CC(C)CCC2O1. The second-order valence-electron chi connectivity index (χ2n) is 14.2. The number of fused-ring (bicyclic) bond motifs is 1. The molecule has 2 saturated heterocycles. The third-order valence-electron chi connectivity index (χ3n) is 11.6. The number of thioether (sulfide) groups is 1. The summed E-state index contributed by atoms with van der Waals surface area (Å²) in [6.45, 7) is 6.43. The summed E-state index contributed by atoms with van der Waals surface area (Å²) >= 11 is 2.26. The van der Waals surface area contributed by atoms with E-state index in [0.717, 1.165) is 42.5 Å². The van der Waals surface area contributed by atoms with Crippen LogP contribution in [0.4, 0.5) is 0 Å². The lowest BCUT2D eigenvalue weighted by atomic mass is 9.58. The molecule has 218 valence electrons. The molecule has 1 amide bonds. The van der Waals surface area contributed by atoms with E-state index in [-0.39, 0.29) is 11.5 Å². The molecule has 6 unspecified atom stereocenters. The third-order valence-corrected chi connectivity index (χ3v) is 13.3. The van der Waals surface area contributed by atoms with Gasteiger partial charge in [0.25, 0.3) is 5.91 Å². The highest BCUT2D eigenvalue weighted by atomic mass is 32.2. The van der Waals surface area contributed by atoms with Gasteiger partial charge in [-0.3, -0.25) is 4.79 Å². The van der Waals surface area contributed by atoms with Crippen LogP contribution in [0.1, 0.15) is 149 Å². The first-order valence-electron chi connectivity index (χ1n) is 17.2. The number of amides is 1. The molecule has 0 aromatic heterocycles. The Morgan fingerprint density at radius 3 is 2.08 bits per heavy atom. The number of carbonyl (C=O) groups is 1. The average Bonchev–Trinajstić information content (AvgIpc) is 3.45. The van der Waals surface area contributed by atoms with Crippen LogP contribution >= 0.6 is 11.8 Å². The van der Waals surface area contributed by atoms with Gasteiger partial charge in [-0.1, -0.05) is 77.6 Å². The maximum atomic E-state index is 14.0. The van der Waals surface area contributed by atoms with E-state index in [4.69, 9.17) is 4.74 Å². The Bertz CT molecular complexity index is 726. The summed E-state index contributed by atoms with van der Waals surface area (Å²) in [4.78, 5) is 16.2. The Labute approximate surface area is 239 Å². The van der Waals surface area contributed by atoms with E-state index in [1.165, 1.54) is 128 Å². The molecule has 0 aromatic rings. The summed E-state index contributed by atoms with van der Waals surface area (Å²) < 4.78 is 6.79. The van der Waals surface area contributed by atoms with Gasteiger partial charge in [0.15, 0.2) is 0 Å². The van der Waals surface area contributed by atoms with Gasteiger partial charge in [0.2, 0.25) is 0 Å². The normalized spacial score (nSPS) is 38.4. The molecule has 5 aliphatic rings. The van der Waals surface area contributed by atoms with Crippen molar-refractivity contribution in [1.82, 2.24) is 4.90 Å². The summed E-state index contributed by atoms with van der Waals surface area (Å²) in [5, 5.41) is 1.46. The van der Waals surface area contributed by atoms with Crippen LogP contribution in [0.3, 0.4) is 0 Å². The lowest BCUT2D eigenvalue weighted by Gasteiger charge is -2.46. The summed E-state index contributed by atoms with van der Waals surface area (Å²) in [6.07, 6.45) is 28.9. The topological polar surface area (TPSA) is 29.5 Å². The van der Waals surface area contributed by atoms with Gasteiger partial charge in [0.05, 0.1) is 6.10 Å². The molecule has 38 heavy (non-hydrogen) atoms. The first kappa shape index (κ1) is 29.3. The molecule has 3 nitrogen and oxygen atoms in total. The van der Waals surface area contributed by atoms with Gasteiger partial charge in [-0.15, -0.1) is 0 Å². The minimum Gasteiger partial charge on any atom is -0.365 e. The molecule has 6 atom stereocenters. The first-order chi connectivity index (χ1) is 18.6. The van der Waals surface area contributed by atoms with Crippen LogP contribution in [0.25, 0.3) is 0 Å².